The maximum atomic E-state index is 11.9. The SMILES string of the molecule is CC.CC.CNS(=O)Oc1ccccc1.Cc1cc2nnc(CNC(=O)c3ccccc3)n2[nH]1. The second-order valence-corrected chi connectivity index (χ2v) is 7.18. The molecule has 10 heteroatoms. The van der Waals surface area contributed by atoms with Crippen LogP contribution in [0.1, 0.15) is 49.6 Å². The lowest BCUT2D eigenvalue weighted by Gasteiger charge is -2.03. The van der Waals surface area contributed by atoms with Crippen molar-refractivity contribution < 1.29 is 13.2 Å². The molecule has 0 saturated heterocycles. The van der Waals surface area contributed by atoms with Crippen LogP contribution in [0.2, 0.25) is 0 Å². The van der Waals surface area contributed by atoms with E-state index in [0.29, 0.717) is 23.7 Å². The Hall–Kier alpha value is -3.50. The summed E-state index contributed by atoms with van der Waals surface area (Å²) in [6.07, 6.45) is 0. The number of nitrogens with zero attached hydrogens (tertiary/aromatic N) is 3. The van der Waals surface area contributed by atoms with Gasteiger partial charge in [-0.25, -0.2) is 9.24 Å². The minimum atomic E-state index is -1.43. The molecule has 9 nitrogen and oxygen atoms in total. The zero-order valence-corrected chi connectivity index (χ0v) is 21.3. The fourth-order valence-electron chi connectivity index (χ4n) is 2.52. The molecule has 0 bridgehead atoms. The Labute approximate surface area is 203 Å². The van der Waals surface area contributed by atoms with E-state index in [4.69, 9.17) is 4.18 Å². The summed E-state index contributed by atoms with van der Waals surface area (Å²) in [7, 11) is 1.57. The number of carbonyl (C=O) groups excluding carboxylic acids is 1. The van der Waals surface area contributed by atoms with E-state index in [9.17, 15) is 9.00 Å². The van der Waals surface area contributed by atoms with Gasteiger partial charge in [0, 0.05) is 17.3 Å². The number of H-pyrrole nitrogens is 1. The Morgan fingerprint density at radius 2 is 1.59 bits per heavy atom. The first-order valence-electron chi connectivity index (χ1n) is 11.1. The van der Waals surface area contributed by atoms with Crippen molar-refractivity contribution in [3.8, 4) is 5.75 Å². The third-order valence-corrected chi connectivity index (χ3v) is 4.59. The summed E-state index contributed by atoms with van der Waals surface area (Å²) in [5, 5.41) is 14.0. The second-order valence-electron chi connectivity index (χ2n) is 6.13. The molecule has 0 aliphatic heterocycles. The molecule has 1 amide bonds. The van der Waals surface area contributed by atoms with Gasteiger partial charge in [-0.05, 0) is 38.2 Å². The molecule has 184 valence electrons. The molecule has 3 N–H and O–H groups in total. The van der Waals surface area contributed by atoms with Crippen molar-refractivity contribution in [2.75, 3.05) is 7.05 Å². The van der Waals surface area contributed by atoms with Gasteiger partial charge >= 0.3 is 0 Å². The number of rotatable bonds is 6. The smallest absolute Gasteiger partial charge is 0.287 e. The van der Waals surface area contributed by atoms with Crippen LogP contribution >= 0.6 is 0 Å². The van der Waals surface area contributed by atoms with E-state index >= 15 is 0 Å². The van der Waals surface area contributed by atoms with Gasteiger partial charge in [0.1, 0.15) is 5.75 Å². The van der Waals surface area contributed by atoms with Crippen molar-refractivity contribution in [3.05, 3.63) is 83.8 Å². The van der Waals surface area contributed by atoms with Crippen molar-refractivity contribution in [1.29, 1.82) is 0 Å². The Morgan fingerprint density at radius 3 is 2.18 bits per heavy atom. The fraction of sp³-hybridized carbons (Fsp3) is 0.292. The molecular weight excluding hydrogens is 452 g/mol. The highest BCUT2D eigenvalue weighted by Crippen LogP contribution is 2.08. The van der Waals surface area contributed by atoms with Gasteiger partial charge in [0.05, 0.1) is 6.54 Å². The third-order valence-electron chi connectivity index (χ3n) is 3.91. The summed E-state index contributed by atoms with van der Waals surface area (Å²) >= 11 is -1.43. The van der Waals surface area contributed by atoms with E-state index in [1.165, 1.54) is 0 Å². The number of aryl methyl sites for hydroxylation is 1. The standard InChI is InChI=1S/C13H13N5O.C7H9NO2S.2C2H6/c1-9-7-11-15-16-12(18(11)17-9)8-14-13(19)10-5-3-2-4-6-10;1-8-11(9)10-7-5-3-2-4-6-7;2*1-2/h2-7,17H,8H2,1H3,(H,14,19);2-6,8H,1H3;2*1-2H3. The summed E-state index contributed by atoms with van der Waals surface area (Å²) in [5.41, 5.74) is 2.38. The largest absolute Gasteiger partial charge is 0.389 e. The normalized spacial score (nSPS) is 10.4. The van der Waals surface area contributed by atoms with Gasteiger partial charge in [0.15, 0.2) is 11.5 Å². The minimum absolute atomic E-state index is 0.124. The molecule has 0 aliphatic carbocycles. The highest BCUT2D eigenvalue weighted by Gasteiger charge is 2.10. The van der Waals surface area contributed by atoms with Gasteiger partial charge in [-0.1, -0.05) is 64.1 Å². The predicted octanol–water partition coefficient (Wildman–Crippen LogP) is 4.21. The number of aromatic amines is 1. The third kappa shape index (κ3) is 9.16. The molecule has 0 spiro atoms. The molecule has 1 atom stereocenters. The number of hydrogen-bond donors (Lipinski definition) is 3. The van der Waals surface area contributed by atoms with Crippen LogP contribution in [0, 0.1) is 6.92 Å². The number of nitrogens with one attached hydrogen (secondary N) is 3. The second kappa shape index (κ2) is 16.2. The van der Waals surface area contributed by atoms with Crippen LogP contribution in [-0.4, -0.2) is 37.0 Å². The van der Waals surface area contributed by atoms with Crippen LogP contribution in [0.25, 0.3) is 5.65 Å². The summed E-state index contributed by atoms with van der Waals surface area (Å²) in [6, 6.07) is 20.0. The topological polar surface area (TPSA) is 113 Å². The van der Waals surface area contributed by atoms with Gasteiger partial charge < -0.3 is 9.50 Å². The van der Waals surface area contributed by atoms with Crippen LogP contribution in [-0.2, 0) is 17.8 Å². The number of aromatic nitrogens is 4. The maximum Gasteiger partial charge on any atom is 0.287 e. The number of fused-ring (bicyclic) bond motifs is 1. The van der Waals surface area contributed by atoms with Gasteiger partial charge in [-0.3, -0.25) is 9.89 Å². The van der Waals surface area contributed by atoms with E-state index in [2.05, 4.69) is 25.3 Å². The molecular formula is C24H34N6O3S. The first-order chi connectivity index (χ1) is 16.6. The first-order valence-corrected chi connectivity index (χ1v) is 12.2. The Bertz CT molecular complexity index is 1110. The molecule has 0 saturated carbocycles. The van der Waals surface area contributed by atoms with Crippen molar-refractivity contribution in [2.24, 2.45) is 0 Å². The van der Waals surface area contributed by atoms with E-state index in [-0.39, 0.29) is 5.91 Å². The zero-order chi connectivity index (χ0) is 25.3. The average Bonchev–Trinajstić information content (AvgIpc) is 3.45. The monoisotopic (exact) mass is 486 g/mol. The van der Waals surface area contributed by atoms with Crippen LogP contribution < -0.4 is 14.2 Å². The van der Waals surface area contributed by atoms with Crippen molar-refractivity contribution in [3.63, 3.8) is 0 Å². The van der Waals surface area contributed by atoms with Gasteiger partial charge in [-0.2, -0.15) is 4.21 Å². The molecule has 34 heavy (non-hydrogen) atoms. The number of carbonyl (C=O) groups is 1. The Morgan fingerprint density at radius 1 is 1.00 bits per heavy atom. The predicted molar refractivity (Wildman–Crippen MR) is 137 cm³/mol. The van der Waals surface area contributed by atoms with Crippen molar-refractivity contribution in [2.45, 2.75) is 41.2 Å². The highest BCUT2D eigenvalue weighted by atomic mass is 32.2. The highest BCUT2D eigenvalue weighted by molar-refractivity contribution is 7.78. The summed E-state index contributed by atoms with van der Waals surface area (Å²) in [5.74, 6) is 1.15. The maximum absolute atomic E-state index is 11.9. The summed E-state index contributed by atoms with van der Waals surface area (Å²) in [6.45, 7) is 10.3. The van der Waals surface area contributed by atoms with E-state index in [1.807, 2.05) is 77.1 Å². The molecule has 2 aromatic heterocycles. The van der Waals surface area contributed by atoms with E-state index < -0.39 is 11.3 Å². The molecule has 0 radical (unpaired) electrons. The van der Waals surface area contributed by atoms with Crippen LogP contribution in [0.15, 0.2) is 66.7 Å². The van der Waals surface area contributed by atoms with Crippen molar-refractivity contribution >= 4 is 22.8 Å². The molecule has 1 unspecified atom stereocenters. The lowest BCUT2D eigenvalue weighted by atomic mass is 10.2. The fourth-order valence-corrected chi connectivity index (χ4v) is 2.89. The molecule has 4 rings (SSSR count). The van der Waals surface area contributed by atoms with E-state index in [1.54, 1.807) is 35.8 Å². The summed E-state index contributed by atoms with van der Waals surface area (Å²) < 4.78 is 19.9. The molecule has 4 aromatic rings. The molecule has 0 aliphatic rings. The molecule has 2 aromatic carbocycles. The van der Waals surface area contributed by atoms with Crippen LogP contribution in [0.5, 0.6) is 5.75 Å². The minimum Gasteiger partial charge on any atom is -0.389 e. The number of amides is 1. The average molecular weight is 487 g/mol. The van der Waals surface area contributed by atoms with Crippen LogP contribution in [0.4, 0.5) is 0 Å². The number of benzene rings is 2. The number of para-hydroxylation sites is 1. The Balaban J connectivity index is 0.000000330. The van der Waals surface area contributed by atoms with Gasteiger partial charge in [-0.15, -0.1) is 10.2 Å². The lowest BCUT2D eigenvalue weighted by molar-refractivity contribution is 0.0949. The van der Waals surface area contributed by atoms with Gasteiger partial charge in [0.2, 0.25) is 0 Å². The lowest BCUT2D eigenvalue weighted by Crippen LogP contribution is -2.24. The Kier molecular flexibility index (Phi) is 13.6. The van der Waals surface area contributed by atoms with Gasteiger partial charge in [0.25, 0.3) is 17.2 Å². The quantitative estimate of drug-likeness (QED) is 0.378. The zero-order valence-electron chi connectivity index (χ0n) is 20.5. The van der Waals surface area contributed by atoms with Crippen LogP contribution in [0.3, 0.4) is 0 Å². The van der Waals surface area contributed by atoms with E-state index in [0.717, 1.165) is 11.3 Å². The number of hydrogen-bond acceptors (Lipinski definition) is 5. The first kappa shape index (κ1) is 28.5. The molecule has 2 heterocycles. The summed E-state index contributed by atoms with van der Waals surface area (Å²) in [4.78, 5) is 11.9. The molecule has 0 fully saturated rings. The van der Waals surface area contributed by atoms with Crippen molar-refractivity contribution in [1.82, 2.24) is 29.9 Å².